The molecule has 1 N–H and O–H groups in total. The van der Waals surface area contributed by atoms with Gasteiger partial charge < -0.3 is 19.7 Å². The standard InChI is InChI=1S/C11H20N2O4/c1-4-16-10(14)5-12-11(15)13-6-9(3)17-7-8(13)2/h8-9H,4-7H2,1-3H3,(H,12,15). The molecule has 0 aliphatic carbocycles. The topological polar surface area (TPSA) is 67.9 Å². The van der Waals surface area contributed by atoms with Gasteiger partial charge in [0.05, 0.1) is 25.4 Å². The van der Waals surface area contributed by atoms with Gasteiger partial charge in [0.2, 0.25) is 0 Å². The summed E-state index contributed by atoms with van der Waals surface area (Å²) in [5.41, 5.74) is 0. The van der Waals surface area contributed by atoms with Crippen molar-refractivity contribution in [3.05, 3.63) is 0 Å². The second-order valence-electron chi connectivity index (χ2n) is 4.11. The molecule has 0 radical (unpaired) electrons. The van der Waals surface area contributed by atoms with Crippen LogP contribution in [0.2, 0.25) is 0 Å². The lowest BCUT2D eigenvalue weighted by Gasteiger charge is -2.36. The fourth-order valence-electron chi connectivity index (χ4n) is 1.65. The summed E-state index contributed by atoms with van der Waals surface area (Å²) in [5.74, 6) is -0.421. The van der Waals surface area contributed by atoms with Crippen molar-refractivity contribution in [2.75, 3.05) is 26.3 Å². The lowest BCUT2D eigenvalue weighted by atomic mass is 10.2. The van der Waals surface area contributed by atoms with Crippen LogP contribution >= 0.6 is 0 Å². The molecule has 0 aromatic rings. The Kier molecular flexibility index (Phi) is 5.21. The van der Waals surface area contributed by atoms with E-state index in [1.165, 1.54) is 0 Å². The number of rotatable bonds is 3. The number of carbonyl (C=O) groups is 2. The molecule has 1 fully saturated rings. The summed E-state index contributed by atoms with van der Waals surface area (Å²) in [6, 6.07) is -0.228. The van der Waals surface area contributed by atoms with Crippen molar-refractivity contribution in [2.24, 2.45) is 0 Å². The van der Waals surface area contributed by atoms with Crippen LogP contribution in [-0.4, -0.2) is 55.3 Å². The highest BCUT2D eigenvalue weighted by Crippen LogP contribution is 2.10. The van der Waals surface area contributed by atoms with Gasteiger partial charge in [-0.3, -0.25) is 4.79 Å². The maximum Gasteiger partial charge on any atom is 0.325 e. The minimum absolute atomic E-state index is 0.0217. The first-order valence-electron chi connectivity index (χ1n) is 5.86. The maximum atomic E-state index is 11.8. The van der Waals surface area contributed by atoms with E-state index in [1.807, 2.05) is 13.8 Å². The zero-order valence-electron chi connectivity index (χ0n) is 10.6. The molecule has 0 aromatic carbocycles. The van der Waals surface area contributed by atoms with Crippen molar-refractivity contribution in [2.45, 2.75) is 32.9 Å². The highest BCUT2D eigenvalue weighted by molar-refractivity contribution is 5.81. The van der Waals surface area contributed by atoms with Crippen molar-refractivity contribution in [1.82, 2.24) is 10.2 Å². The lowest BCUT2D eigenvalue weighted by molar-refractivity contribution is -0.141. The largest absolute Gasteiger partial charge is 0.465 e. The number of urea groups is 1. The van der Waals surface area contributed by atoms with Crippen LogP contribution in [-0.2, 0) is 14.3 Å². The van der Waals surface area contributed by atoms with E-state index >= 15 is 0 Å². The minimum atomic E-state index is -0.421. The van der Waals surface area contributed by atoms with Crippen molar-refractivity contribution >= 4 is 12.0 Å². The quantitative estimate of drug-likeness (QED) is 0.728. The van der Waals surface area contributed by atoms with E-state index in [0.717, 1.165) is 0 Å². The first kappa shape index (κ1) is 13.8. The van der Waals surface area contributed by atoms with Crippen molar-refractivity contribution < 1.29 is 19.1 Å². The molecule has 2 amide bonds. The van der Waals surface area contributed by atoms with Gasteiger partial charge in [-0.2, -0.15) is 0 Å². The van der Waals surface area contributed by atoms with Gasteiger partial charge in [0.15, 0.2) is 0 Å². The van der Waals surface area contributed by atoms with Crippen LogP contribution < -0.4 is 5.32 Å². The number of morpholine rings is 1. The average molecular weight is 244 g/mol. The smallest absolute Gasteiger partial charge is 0.325 e. The fraction of sp³-hybridized carbons (Fsp3) is 0.818. The number of nitrogens with one attached hydrogen (secondary N) is 1. The van der Waals surface area contributed by atoms with Crippen molar-refractivity contribution in [1.29, 1.82) is 0 Å². The molecule has 0 aromatic heterocycles. The van der Waals surface area contributed by atoms with Gasteiger partial charge in [-0.1, -0.05) is 0 Å². The number of nitrogens with zero attached hydrogens (tertiary/aromatic N) is 1. The monoisotopic (exact) mass is 244 g/mol. The Morgan fingerprint density at radius 1 is 1.47 bits per heavy atom. The molecular weight excluding hydrogens is 224 g/mol. The Hall–Kier alpha value is -1.30. The van der Waals surface area contributed by atoms with E-state index in [1.54, 1.807) is 11.8 Å². The minimum Gasteiger partial charge on any atom is -0.465 e. The van der Waals surface area contributed by atoms with Crippen LogP contribution in [0.4, 0.5) is 4.79 Å². The molecule has 0 bridgehead atoms. The molecule has 0 spiro atoms. The molecule has 6 heteroatoms. The molecule has 0 saturated carbocycles. The normalized spacial score (nSPS) is 24.3. The van der Waals surface area contributed by atoms with Gasteiger partial charge in [0, 0.05) is 6.54 Å². The van der Waals surface area contributed by atoms with Crippen LogP contribution in [0.5, 0.6) is 0 Å². The summed E-state index contributed by atoms with van der Waals surface area (Å²) in [5, 5.41) is 2.54. The second-order valence-corrected chi connectivity index (χ2v) is 4.11. The Bertz CT molecular complexity index is 283. The van der Waals surface area contributed by atoms with E-state index in [4.69, 9.17) is 9.47 Å². The highest BCUT2D eigenvalue weighted by Gasteiger charge is 2.27. The number of hydrogen-bond acceptors (Lipinski definition) is 4. The zero-order valence-corrected chi connectivity index (χ0v) is 10.6. The molecule has 1 heterocycles. The number of ether oxygens (including phenoxy) is 2. The zero-order chi connectivity index (χ0) is 12.8. The van der Waals surface area contributed by atoms with Crippen molar-refractivity contribution in [3.8, 4) is 0 Å². The van der Waals surface area contributed by atoms with Gasteiger partial charge in [0.1, 0.15) is 6.54 Å². The molecule has 1 rings (SSSR count). The first-order chi connectivity index (χ1) is 8.04. The van der Waals surface area contributed by atoms with Gasteiger partial charge in [-0.25, -0.2) is 4.79 Å². The van der Waals surface area contributed by atoms with Crippen LogP contribution in [0.15, 0.2) is 0 Å². The summed E-state index contributed by atoms with van der Waals surface area (Å²) in [7, 11) is 0. The lowest BCUT2D eigenvalue weighted by Crippen LogP contribution is -2.54. The number of hydrogen-bond donors (Lipinski definition) is 1. The third-order valence-corrected chi connectivity index (χ3v) is 2.56. The predicted molar refractivity (Wildman–Crippen MR) is 61.6 cm³/mol. The van der Waals surface area contributed by atoms with Gasteiger partial charge in [0.25, 0.3) is 0 Å². The summed E-state index contributed by atoms with van der Waals surface area (Å²) in [4.78, 5) is 24.6. The highest BCUT2D eigenvalue weighted by atomic mass is 16.5. The maximum absolute atomic E-state index is 11.8. The molecule has 2 unspecified atom stereocenters. The van der Waals surface area contributed by atoms with Gasteiger partial charge in [-0.05, 0) is 20.8 Å². The van der Waals surface area contributed by atoms with Crippen LogP contribution in [0, 0.1) is 0 Å². The Labute approximate surface area is 101 Å². The summed E-state index contributed by atoms with van der Waals surface area (Å²) in [6.45, 7) is 6.84. The first-order valence-corrected chi connectivity index (χ1v) is 5.86. The molecule has 1 saturated heterocycles. The third-order valence-electron chi connectivity index (χ3n) is 2.56. The molecule has 6 nitrogen and oxygen atoms in total. The van der Waals surface area contributed by atoms with Crippen LogP contribution in [0.1, 0.15) is 20.8 Å². The van der Waals surface area contributed by atoms with Gasteiger partial charge >= 0.3 is 12.0 Å². The Morgan fingerprint density at radius 3 is 2.82 bits per heavy atom. The van der Waals surface area contributed by atoms with E-state index in [-0.39, 0.29) is 24.7 Å². The third kappa shape index (κ3) is 4.22. The average Bonchev–Trinajstić information content (AvgIpc) is 2.29. The predicted octanol–water partition coefficient (Wildman–Crippen LogP) is 0.368. The van der Waals surface area contributed by atoms with Crippen LogP contribution in [0.25, 0.3) is 0 Å². The molecule has 98 valence electrons. The summed E-state index contributed by atoms with van der Waals surface area (Å²) in [6.07, 6.45) is 0.0274. The number of amides is 2. The molecule has 1 aliphatic rings. The van der Waals surface area contributed by atoms with E-state index in [2.05, 4.69) is 5.32 Å². The van der Waals surface area contributed by atoms with Crippen molar-refractivity contribution in [3.63, 3.8) is 0 Å². The molecule has 1 aliphatic heterocycles. The second kappa shape index (κ2) is 6.44. The summed E-state index contributed by atoms with van der Waals surface area (Å²) >= 11 is 0. The Balaban J connectivity index is 2.38. The van der Waals surface area contributed by atoms with E-state index < -0.39 is 5.97 Å². The SMILES string of the molecule is CCOC(=O)CNC(=O)N1CC(C)OCC1C. The molecular formula is C11H20N2O4. The molecule has 17 heavy (non-hydrogen) atoms. The Morgan fingerprint density at radius 2 is 2.18 bits per heavy atom. The van der Waals surface area contributed by atoms with Crippen LogP contribution in [0.3, 0.4) is 0 Å². The number of carbonyl (C=O) groups excluding carboxylic acids is 2. The molecule has 2 atom stereocenters. The van der Waals surface area contributed by atoms with E-state index in [0.29, 0.717) is 19.8 Å². The van der Waals surface area contributed by atoms with E-state index in [9.17, 15) is 9.59 Å². The number of esters is 1. The van der Waals surface area contributed by atoms with Gasteiger partial charge in [-0.15, -0.1) is 0 Å². The fourth-order valence-corrected chi connectivity index (χ4v) is 1.65. The summed E-state index contributed by atoms with van der Waals surface area (Å²) < 4.78 is 10.2.